The number of hydrogen-bond acceptors (Lipinski definition) is 8. The van der Waals surface area contributed by atoms with Crippen LogP contribution in [0.2, 0.25) is 0 Å². The summed E-state index contributed by atoms with van der Waals surface area (Å²) in [5.41, 5.74) is 8.65. The van der Waals surface area contributed by atoms with Crippen LogP contribution in [-0.4, -0.2) is 77.4 Å². The third-order valence-corrected chi connectivity index (χ3v) is 8.65. The molecule has 1 aromatic rings. The lowest BCUT2D eigenvalue weighted by atomic mass is 9.77. The van der Waals surface area contributed by atoms with Crippen molar-refractivity contribution in [3.05, 3.63) is 39.6 Å². The Balaban J connectivity index is 1.97. The molecule has 3 atom stereocenters. The zero-order valence-electron chi connectivity index (χ0n) is 23.9. The number of nitrogens with zero attached hydrogens (tertiary/aromatic N) is 3. The van der Waals surface area contributed by atoms with E-state index in [0.29, 0.717) is 63.2 Å². The maximum atomic E-state index is 14.1. The number of hydrogen-bond donors (Lipinski definition) is 3. The van der Waals surface area contributed by atoms with Crippen molar-refractivity contribution in [2.75, 3.05) is 33.3 Å². The molecule has 0 spiro atoms. The second kappa shape index (κ2) is 14.8. The Hall–Kier alpha value is -2.63. The summed E-state index contributed by atoms with van der Waals surface area (Å²) in [6.45, 7) is 5.73. The SMILES string of the molecule is CC(C)N(N)/C=C(\N)COc1ccc(Br)c2c1C(CN(C)CCCC=O)N(C(=O)C1CCCCC1C(=O)O)CC2. The summed E-state index contributed by atoms with van der Waals surface area (Å²) in [7, 11) is 1.98. The van der Waals surface area contributed by atoms with Gasteiger partial charge in [-0.2, -0.15) is 0 Å². The fourth-order valence-corrected chi connectivity index (χ4v) is 6.21. The van der Waals surface area contributed by atoms with Crippen LogP contribution < -0.4 is 16.3 Å². The number of rotatable bonds is 13. The summed E-state index contributed by atoms with van der Waals surface area (Å²) in [6.07, 6.45) is 7.13. The van der Waals surface area contributed by atoms with Gasteiger partial charge in [-0.05, 0) is 70.8 Å². The molecule has 1 aliphatic carbocycles. The second-order valence-corrected chi connectivity index (χ2v) is 12.0. The molecule has 11 heteroatoms. The predicted octanol–water partition coefficient (Wildman–Crippen LogP) is 3.44. The Kier molecular flexibility index (Phi) is 11.8. The van der Waals surface area contributed by atoms with Gasteiger partial charge in [-0.3, -0.25) is 9.59 Å². The first-order valence-electron chi connectivity index (χ1n) is 14.1. The minimum absolute atomic E-state index is 0.0760. The maximum Gasteiger partial charge on any atom is 0.307 e. The fraction of sp³-hybridized carbons (Fsp3) is 0.621. The van der Waals surface area contributed by atoms with Gasteiger partial charge in [-0.25, -0.2) is 5.84 Å². The number of aliphatic carboxylic acids is 1. The molecule has 1 aromatic carbocycles. The van der Waals surface area contributed by atoms with Crippen molar-refractivity contribution >= 4 is 34.1 Å². The van der Waals surface area contributed by atoms with Gasteiger partial charge < -0.3 is 35.2 Å². The van der Waals surface area contributed by atoms with E-state index in [9.17, 15) is 19.5 Å². The van der Waals surface area contributed by atoms with Crippen molar-refractivity contribution in [2.45, 2.75) is 70.9 Å². The largest absolute Gasteiger partial charge is 0.487 e. The highest BCUT2D eigenvalue weighted by molar-refractivity contribution is 9.10. The number of nitrogens with two attached hydrogens (primary N) is 2. The van der Waals surface area contributed by atoms with Crippen molar-refractivity contribution < 1.29 is 24.2 Å². The monoisotopic (exact) mass is 621 g/mol. The first-order valence-corrected chi connectivity index (χ1v) is 14.9. The molecule has 0 saturated heterocycles. The van der Waals surface area contributed by atoms with E-state index in [0.717, 1.165) is 34.7 Å². The van der Waals surface area contributed by atoms with E-state index < -0.39 is 17.8 Å². The third-order valence-electron chi connectivity index (χ3n) is 7.91. The molecule has 40 heavy (non-hydrogen) atoms. The van der Waals surface area contributed by atoms with Crippen molar-refractivity contribution in [3.8, 4) is 5.75 Å². The highest BCUT2D eigenvalue weighted by Crippen LogP contribution is 2.43. The average Bonchev–Trinajstić information content (AvgIpc) is 2.92. The topological polar surface area (TPSA) is 142 Å². The number of carbonyl (C=O) groups excluding carboxylic acids is 2. The molecule has 3 unspecified atom stereocenters. The van der Waals surface area contributed by atoms with Crippen LogP contribution >= 0.6 is 15.9 Å². The number of aldehydes is 1. The number of carbonyl (C=O) groups is 3. The van der Waals surface area contributed by atoms with E-state index in [1.165, 1.54) is 5.01 Å². The van der Waals surface area contributed by atoms with Crippen LogP contribution in [0.4, 0.5) is 0 Å². The number of benzene rings is 1. The summed E-state index contributed by atoms with van der Waals surface area (Å²) in [5.74, 6) is 4.41. The molecule has 10 nitrogen and oxygen atoms in total. The molecule has 1 amide bonds. The van der Waals surface area contributed by atoms with E-state index in [4.69, 9.17) is 16.3 Å². The van der Waals surface area contributed by atoms with Gasteiger partial charge >= 0.3 is 5.97 Å². The molecule has 1 aliphatic heterocycles. The summed E-state index contributed by atoms with van der Waals surface area (Å²) in [6, 6.07) is 3.55. The molecule has 0 bridgehead atoms. The zero-order chi connectivity index (χ0) is 29.4. The standard InChI is InChI=1S/C29H44BrN5O5/c1-19(2)35(32)16-20(31)18-40-26-11-10-24(30)23-12-14-34(25(27(23)26)17-33(3)13-6-7-15-36)28(37)21-8-4-5-9-22(21)29(38)39/h10-11,15-16,19,21-22,25H,4-9,12-14,17-18,31-32H2,1-3H3,(H,38,39)/b20-16-. The van der Waals surface area contributed by atoms with E-state index in [-0.39, 0.29) is 24.6 Å². The number of halogens is 1. The summed E-state index contributed by atoms with van der Waals surface area (Å²) in [4.78, 5) is 41.0. The summed E-state index contributed by atoms with van der Waals surface area (Å²) >= 11 is 3.70. The van der Waals surface area contributed by atoms with E-state index in [1.807, 2.05) is 37.9 Å². The molecule has 222 valence electrons. The molecule has 3 rings (SSSR count). The minimum atomic E-state index is -0.901. The number of hydrazine groups is 1. The normalized spacial score (nSPS) is 21.3. The third kappa shape index (κ3) is 7.98. The van der Waals surface area contributed by atoms with Gasteiger partial charge in [-0.1, -0.05) is 28.8 Å². The summed E-state index contributed by atoms with van der Waals surface area (Å²) in [5, 5.41) is 11.4. The van der Waals surface area contributed by atoms with Gasteiger partial charge in [0.2, 0.25) is 5.91 Å². The first-order chi connectivity index (χ1) is 19.0. The van der Waals surface area contributed by atoms with Crippen LogP contribution in [0, 0.1) is 11.8 Å². The highest BCUT2D eigenvalue weighted by atomic mass is 79.9. The van der Waals surface area contributed by atoms with Crippen LogP contribution in [0.3, 0.4) is 0 Å². The van der Waals surface area contributed by atoms with Crippen LogP contribution in [0.5, 0.6) is 5.75 Å². The smallest absolute Gasteiger partial charge is 0.307 e. The van der Waals surface area contributed by atoms with Crippen LogP contribution in [-0.2, 0) is 20.8 Å². The molecule has 1 heterocycles. The van der Waals surface area contributed by atoms with Crippen molar-refractivity contribution in [3.63, 3.8) is 0 Å². The number of fused-ring (bicyclic) bond motifs is 1. The van der Waals surface area contributed by atoms with Gasteiger partial charge in [0.05, 0.1) is 23.6 Å². The molecule has 1 fully saturated rings. The minimum Gasteiger partial charge on any atom is -0.487 e. The van der Waals surface area contributed by atoms with Crippen molar-refractivity contribution in [1.29, 1.82) is 0 Å². The number of unbranched alkanes of at least 4 members (excludes halogenated alkanes) is 1. The Labute approximate surface area is 245 Å². The quantitative estimate of drug-likeness (QED) is 0.131. The first kappa shape index (κ1) is 31.9. The van der Waals surface area contributed by atoms with Crippen molar-refractivity contribution in [2.24, 2.45) is 23.4 Å². The number of ether oxygens (including phenoxy) is 1. The number of likely N-dealkylation sites (N-methyl/N-ethyl adjacent to an activating group) is 1. The number of carboxylic acid groups (broad SMARTS) is 1. The molecule has 1 saturated carbocycles. The van der Waals surface area contributed by atoms with Crippen LogP contribution in [0.25, 0.3) is 0 Å². The van der Waals surface area contributed by atoms with E-state index >= 15 is 0 Å². The maximum absolute atomic E-state index is 14.1. The molecular weight excluding hydrogens is 578 g/mol. The fourth-order valence-electron chi connectivity index (χ4n) is 5.66. The lowest BCUT2D eigenvalue weighted by Gasteiger charge is -2.43. The number of carboxylic acids is 1. The van der Waals surface area contributed by atoms with Crippen molar-refractivity contribution in [1.82, 2.24) is 14.8 Å². The van der Waals surface area contributed by atoms with Crippen LogP contribution in [0.15, 0.2) is 28.5 Å². The molecule has 0 radical (unpaired) electrons. The van der Waals surface area contributed by atoms with E-state index in [1.54, 1.807) is 6.20 Å². The predicted molar refractivity (Wildman–Crippen MR) is 157 cm³/mol. The van der Waals surface area contributed by atoms with Gasteiger partial charge in [0.25, 0.3) is 0 Å². The second-order valence-electron chi connectivity index (χ2n) is 11.2. The Morgan fingerprint density at radius 1 is 1.25 bits per heavy atom. The van der Waals surface area contributed by atoms with Gasteiger partial charge in [0.1, 0.15) is 18.6 Å². The molecular formula is C29H44BrN5O5. The number of amides is 1. The average molecular weight is 623 g/mol. The zero-order valence-corrected chi connectivity index (χ0v) is 25.4. The van der Waals surface area contributed by atoms with E-state index in [2.05, 4.69) is 20.8 Å². The highest BCUT2D eigenvalue weighted by Gasteiger charge is 2.42. The Bertz CT molecular complexity index is 1080. The Morgan fingerprint density at radius 3 is 2.60 bits per heavy atom. The van der Waals surface area contributed by atoms with Gasteiger partial charge in [-0.15, -0.1) is 0 Å². The van der Waals surface area contributed by atoms with Gasteiger partial charge in [0, 0.05) is 41.8 Å². The Morgan fingerprint density at radius 2 is 1.95 bits per heavy atom. The molecule has 0 aromatic heterocycles. The van der Waals surface area contributed by atoms with Crippen LogP contribution in [0.1, 0.15) is 69.5 Å². The lowest BCUT2D eigenvalue weighted by molar-refractivity contribution is -0.153. The lowest BCUT2D eigenvalue weighted by Crippen LogP contribution is -2.49. The molecule has 2 aliphatic rings. The van der Waals surface area contributed by atoms with Gasteiger partial charge in [0.15, 0.2) is 0 Å². The molecule has 5 N–H and O–H groups in total. The summed E-state index contributed by atoms with van der Waals surface area (Å²) < 4.78 is 7.19.